The summed E-state index contributed by atoms with van der Waals surface area (Å²) in [7, 11) is -3.49. The van der Waals surface area contributed by atoms with Crippen LogP contribution in [0.25, 0.3) is 0 Å². The lowest BCUT2D eigenvalue weighted by atomic mass is 10.2. The fourth-order valence-corrected chi connectivity index (χ4v) is 2.57. The van der Waals surface area contributed by atoms with Crippen molar-refractivity contribution < 1.29 is 31.7 Å². The van der Waals surface area contributed by atoms with E-state index in [1.807, 2.05) is 0 Å². The van der Waals surface area contributed by atoms with Gasteiger partial charge in [0, 0.05) is 12.1 Å². The number of hydrogen-bond acceptors (Lipinski definition) is 6. The van der Waals surface area contributed by atoms with Gasteiger partial charge in [-0.3, -0.25) is 10.1 Å². The van der Waals surface area contributed by atoms with E-state index < -0.39 is 50.0 Å². The summed E-state index contributed by atoms with van der Waals surface area (Å²) in [4.78, 5) is 20.6. The van der Waals surface area contributed by atoms with Gasteiger partial charge in [0.2, 0.25) is 10.0 Å². The van der Waals surface area contributed by atoms with Crippen molar-refractivity contribution >= 4 is 21.7 Å². The molecule has 21 heavy (non-hydrogen) atoms. The Bertz CT molecular complexity index is 662. The molecule has 1 aromatic carbocycles. The molecular formula is C10H10F2N2O6S. The van der Waals surface area contributed by atoms with Crippen LogP contribution in [0.15, 0.2) is 23.1 Å². The van der Waals surface area contributed by atoms with Crippen LogP contribution in [0.5, 0.6) is 0 Å². The number of halogens is 2. The molecule has 0 amide bonds. The fourth-order valence-electron chi connectivity index (χ4n) is 1.39. The van der Waals surface area contributed by atoms with Crippen molar-refractivity contribution in [2.45, 2.75) is 11.3 Å². The number of sulfonamides is 1. The van der Waals surface area contributed by atoms with E-state index in [2.05, 4.69) is 4.74 Å². The number of rotatable bonds is 6. The number of methoxy groups -OCH3 is 1. The largest absolute Gasteiger partial charge is 0.465 e. The molecular weight excluding hydrogens is 314 g/mol. The van der Waals surface area contributed by atoms with Crippen LogP contribution in [0, 0.1) is 10.1 Å². The normalized spacial score (nSPS) is 11.4. The van der Waals surface area contributed by atoms with E-state index in [1.165, 1.54) is 0 Å². The number of carbonyl (C=O) groups excluding carboxylic acids is 1. The number of esters is 1. The third-order valence-electron chi connectivity index (χ3n) is 2.30. The number of alkyl halides is 2. The average molecular weight is 324 g/mol. The van der Waals surface area contributed by atoms with E-state index in [0.717, 1.165) is 19.2 Å². The van der Waals surface area contributed by atoms with E-state index in [1.54, 1.807) is 4.72 Å². The first-order chi connectivity index (χ1) is 9.69. The van der Waals surface area contributed by atoms with Crippen LogP contribution < -0.4 is 4.72 Å². The second-order valence-corrected chi connectivity index (χ2v) is 5.41. The van der Waals surface area contributed by atoms with Gasteiger partial charge in [0.1, 0.15) is 0 Å². The Morgan fingerprint density at radius 2 is 2.10 bits per heavy atom. The van der Waals surface area contributed by atoms with Crippen molar-refractivity contribution in [1.29, 1.82) is 0 Å². The molecule has 116 valence electrons. The number of hydrogen-bond donors (Lipinski definition) is 1. The Morgan fingerprint density at radius 3 is 2.57 bits per heavy atom. The SMILES string of the molecule is COC(=O)c1cc([N+](=O)[O-])ccc1S(=O)(=O)NCC(F)F. The number of non-ortho nitro benzene ring substituents is 1. The number of ether oxygens (including phenoxy) is 1. The van der Waals surface area contributed by atoms with E-state index in [-0.39, 0.29) is 0 Å². The lowest BCUT2D eigenvalue weighted by Gasteiger charge is -2.10. The third-order valence-corrected chi connectivity index (χ3v) is 3.78. The first-order valence-electron chi connectivity index (χ1n) is 5.33. The van der Waals surface area contributed by atoms with Gasteiger partial charge in [-0.25, -0.2) is 26.7 Å². The predicted molar refractivity (Wildman–Crippen MR) is 65.6 cm³/mol. The summed E-state index contributed by atoms with van der Waals surface area (Å²) >= 11 is 0. The molecule has 0 radical (unpaired) electrons. The van der Waals surface area contributed by atoms with Crippen LogP contribution in [0.4, 0.5) is 14.5 Å². The molecule has 0 aliphatic rings. The molecule has 0 heterocycles. The molecule has 0 aromatic heterocycles. The molecule has 1 rings (SSSR count). The Balaban J connectivity index is 3.34. The quantitative estimate of drug-likeness (QED) is 0.473. The topological polar surface area (TPSA) is 116 Å². The molecule has 1 N–H and O–H groups in total. The molecule has 1 aromatic rings. The van der Waals surface area contributed by atoms with Crippen LogP contribution >= 0.6 is 0 Å². The summed E-state index contributed by atoms with van der Waals surface area (Å²) in [6, 6.07) is 2.31. The highest BCUT2D eigenvalue weighted by Gasteiger charge is 2.26. The number of nitrogens with zero attached hydrogens (tertiary/aromatic N) is 1. The molecule has 0 fully saturated rings. The fraction of sp³-hybridized carbons (Fsp3) is 0.300. The second kappa shape index (κ2) is 6.54. The average Bonchev–Trinajstić information content (AvgIpc) is 2.43. The summed E-state index contributed by atoms with van der Waals surface area (Å²) in [5.74, 6) is -1.14. The van der Waals surface area contributed by atoms with Gasteiger partial charge in [-0.1, -0.05) is 0 Å². The van der Waals surface area contributed by atoms with E-state index in [9.17, 15) is 32.1 Å². The van der Waals surface area contributed by atoms with Crippen molar-refractivity contribution in [3.05, 3.63) is 33.9 Å². The zero-order valence-electron chi connectivity index (χ0n) is 10.6. The first-order valence-corrected chi connectivity index (χ1v) is 6.82. The zero-order valence-corrected chi connectivity index (χ0v) is 11.4. The molecule has 0 saturated carbocycles. The Kier molecular flexibility index (Phi) is 5.27. The molecule has 0 aliphatic carbocycles. The molecule has 0 saturated heterocycles. The summed E-state index contributed by atoms with van der Waals surface area (Å²) in [6.07, 6.45) is -2.93. The Hall–Kier alpha value is -2.14. The van der Waals surface area contributed by atoms with Crippen LogP contribution in [-0.4, -0.2) is 39.4 Å². The summed E-state index contributed by atoms with van der Waals surface area (Å²) < 4.78 is 53.7. The lowest BCUT2D eigenvalue weighted by molar-refractivity contribution is -0.384. The molecule has 0 bridgehead atoms. The van der Waals surface area contributed by atoms with Gasteiger partial charge in [0.05, 0.1) is 29.0 Å². The molecule has 11 heteroatoms. The first kappa shape index (κ1) is 16.9. The van der Waals surface area contributed by atoms with Gasteiger partial charge < -0.3 is 4.74 Å². The maximum Gasteiger partial charge on any atom is 0.339 e. The number of carbonyl (C=O) groups is 1. The van der Waals surface area contributed by atoms with Crippen molar-refractivity contribution in [2.24, 2.45) is 0 Å². The monoisotopic (exact) mass is 324 g/mol. The second-order valence-electron chi connectivity index (χ2n) is 3.67. The lowest BCUT2D eigenvalue weighted by Crippen LogP contribution is -2.30. The zero-order chi connectivity index (χ0) is 16.2. The molecule has 8 nitrogen and oxygen atoms in total. The van der Waals surface area contributed by atoms with Crippen LogP contribution in [0.2, 0.25) is 0 Å². The Morgan fingerprint density at radius 1 is 1.48 bits per heavy atom. The standard InChI is InChI=1S/C10H10F2N2O6S/c1-20-10(15)7-4-6(14(16)17)2-3-8(7)21(18,19)13-5-9(11)12/h2-4,9,13H,5H2,1H3. The maximum atomic E-state index is 12.1. The summed E-state index contributed by atoms with van der Waals surface area (Å²) in [6.45, 7) is -1.15. The summed E-state index contributed by atoms with van der Waals surface area (Å²) in [5.41, 5.74) is -1.16. The number of nitro benzene ring substituents is 1. The van der Waals surface area contributed by atoms with Gasteiger partial charge in [0.25, 0.3) is 12.1 Å². The van der Waals surface area contributed by atoms with Gasteiger partial charge >= 0.3 is 5.97 Å². The van der Waals surface area contributed by atoms with Crippen LogP contribution in [0.3, 0.4) is 0 Å². The molecule has 0 atom stereocenters. The number of nitrogens with one attached hydrogen (secondary N) is 1. The highest BCUT2D eigenvalue weighted by molar-refractivity contribution is 7.89. The van der Waals surface area contributed by atoms with Gasteiger partial charge in [-0.05, 0) is 6.07 Å². The van der Waals surface area contributed by atoms with Gasteiger partial charge in [0.15, 0.2) is 0 Å². The highest BCUT2D eigenvalue weighted by atomic mass is 32.2. The van der Waals surface area contributed by atoms with E-state index >= 15 is 0 Å². The Labute approximate surface area is 117 Å². The minimum Gasteiger partial charge on any atom is -0.465 e. The molecule has 0 unspecified atom stereocenters. The number of benzene rings is 1. The van der Waals surface area contributed by atoms with Crippen molar-refractivity contribution in [3.8, 4) is 0 Å². The highest BCUT2D eigenvalue weighted by Crippen LogP contribution is 2.22. The van der Waals surface area contributed by atoms with Crippen LogP contribution in [-0.2, 0) is 14.8 Å². The summed E-state index contributed by atoms with van der Waals surface area (Å²) in [5, 5.41) is 10.6. The van der Waals surface area contributed by atoms with Crippen molar-refractivity contribution in [2.75, 3.05) is 13.7 Å². The predicted octanol–water partition coefficient (Wildman–Crippen LogP) is 0.925. The number of nitro groups is 1. The smallest absolute Gasteiger partial charge is 0.339 e. The third kappa shape index (κ3) is 4.16. The minimum atomic E-state index is -4.44. The van der Waals surface area contributed by atoms with Gasteiger partial charge in [-0.2, -0.15) is 0 Å². The molecule has 0 aliphatic heterocycles. The minimum absolute atomic E-state index is 0.539. The van der Waals surface area contributed by atoms with Crippen molar-refractivity contribution in [3.63, 3.8) is 0 Å². The van der Waals surface area contributed by atoms with Crippen molar-refractivity contribution in [1.82, 2.24) is 4.72 Å². The van der Waals surface area contributed by atoms with E-state index in [0.29, 0.717) is 6.07 Å². The maximum absolute atomic E-state index is 12.1. The van der Waals surface area contributed by atoms with Crippen LogP contribution in [0.1, 0.15) is 10.4 Å². The van der Waals surface area contributed by atoms with Gasteiger partial charge in [-0.15, -0.1) is 0 Å². The molecule has 0 spiro atoms. The van der Waals surface area contributed by atoms with E-state index in [4.69, 9.17) is 0 Å².